The van der Waals surface area contributed by atoms with Gasteiger partial charge in [0.2, 0.25) is 5.03 Å². The van der Waals surface area contributed by atoms with E-state index in [1.165, 1.54) is 17.1 Å². The molecule has 0 fully saturated rings. The topological polar surface area (TPSA) is 76.9 Å². The number of hydrogen-bond donors (Lipinski definition) is 1. The van der Waals surface area contributed by atoms with Crippen LogP contribution in [0, 0.1) is 6.92 Å². The first kappa shape index (κ1) is 14.1. The molecule has 9 heteroatoms. The second-order valence-electron chi connectivity index (χ2n) is 3.89. The Morgan fingerprint density at radius 3 is 2.53 bits per heavy atom. The largest absolute Gasteiger partial charge is 0.324 e. The number of sulfonamides is 1. The van der Waals surface area contributed by atoms with E-state index in [0.717, 1.165) is 0 Å². The van der Waals surface area contributed by atoms with Crippen molar-refractivity contribution in [1.82, 2.24) is 14.5 Å². The number of nitrogens with zero attached hydrogens (tertiary/aromatic N) is 3. The molecule has 0 aromatic carbocycles. The standard InChI is InChI=1S/C10H10Cl2N4O2S/c1-6-3-7(4-13-8(6)11)15-19(17,18)10-9(12)16(2)5-14-10/h3-5,15H,1-2H3. The molecule has 1 N–H and O–H groups in total. The number of rotatable bonds is 3. The zero-order chi connectivity index (χ0) is 14.2. The summed E-state index contributed by atoms with van der Waals surface area (Å²) >= 11 is 11.6. The van der Waals surface area contributed by atoms with E-state index in [2.05, 4.69) is 14.7 Å². The molecule has 0 aliphatic rings. The van der Waals surface area contributed by atoms with Gasteiger partial charge in [-0.05, 0) is 18.6 Å². The summed E-state index contributed by atoms with van der Waals surface area (Å²) in [5, 5.41) is 0.120. The van der Waals surface area contributed by atoms with Gasteiger partial charge in [-0.25, -0.2) is 9.97 Å². The number of pyridine rings is 1. The Kier molecular flexibility index (Phi) is 3.71. The molecule has 102 valence electrons. The van der Waals surface area contributed by atoms with Gasteiger partial charge in [0.1, 0.15) is 10.3 Å². The SMILES string of the molecule is Cc1cc(NS(=O)(=O)c2ncn(C)c2Cl)cnc1Cl. The molecule has 0 spiro atoms. The molecule has 0 aliphatic carbocycles. The zero-order valence-electron chi connectivity index (χ0n) is 10.1. The number of aryl methyl sites for hydroxylation is 2. The molecule has 0 saturated carbocycles. The van der Waals surface area contributed by atoms with E-state index in [-0.39, 0.29) is 10.2 Å². The van der Waals surface area contributed by atoms with Crippen LogP contribution in [0.2, 0.25) is 10.3 Å². The quantitative estimate of drug-likeness (QED) is 0.880. The molecule has 0 radical (unpaired) electrons. The molecule has 2 aromatic heterocycles. The first-order chi connectivity index (χ1) is 8.81. The van der Waals surface area contributed by atoms with Crippen molar-refractivity contribution in [3.8, 4) is 0 Å². The molecule has 0 bridgehead atoms. The highest BCUT2D eigenvalue weighted by Crippen LogP contribution is 2.23. The number of halogens is 2. The number of hydrogen-bond acceptors (Lipinski definition) is 4. The summed E-state index contributed by atoms with van der Waals surface area (Å²) < 4.78 is 28.0. The van der Waals surface area contributed by atoms with Crippen LogP contribution in [0.15, 0.2) is 23.6 Å². The maximum Gasteiger partial charge on any atom is 0.282 e. The van der Waals surface area contributed by atoms with E-state index in [1.807, 2.05) is 0 Å². The average molecular weight is 321 g/mol. The fourth-order valence-corrected chi connectivity index (χ4v) is 2.96. The van der Waals surface area contributed by atoms with Gasteiger partial charge >= 0.3 is 0 Å². The average Bonchev–Trinajstić information content (AvgIpc) is 2.65. The molecular weight excluding hydrogens is 311 g/mol. The predicted octanol–water partition coefficient (Wildman–Crippen LogP) is 2.23. The summed E-state index contributed by atoms with van der Waals surface area (Å²) in [5.41, 5.74) is 0.956. The van der Waals surface area contributed by atoms with Crippen LogP contribution in [-0.2, 0) is 17.1 Å². The summed E-state index contributed by atoms with van der Waals surface area (Å²) in [7, 11) is -2.25. The second kappa shape index (κ2) is 4.99. The van der Waals surface area contributed by atoms with E-state index >= 15 is 0 Å². The van der Waals surface area contributed by atoms with Gasteiger partial charge in [-0.3, -0.25) is 4.72 Å². The van der Waals surface area contributed by atoms with Gasteiger partial charge < -0.3 is 4.57 Å². The molecule has 0 unspecified atom stereocenters. The molecule has 19 heavy (non-hydrogen) atoms. The maximum absolute atomic E-state index is 12.1. The first-order valence-corrected chi connectivity index (χ1v) is 7.37. The van der Waals surface area contributed by atoms with Crippen molar-refractivity contribution in [2.45, 2.75) is 11.9 Å². The number of aromatic nitrogens is 3. The lowest BCUT2D eigenvalue weighted by Gasteiger charge is -2.07. The molecule has 6 nitrogen and oxygen atoms in total. The van der Waals surface area contributed by atoms with Crippen LogP contribution in [0.5, 0.6) is 0 Å². The Bertz CT molecular complexity index is 727. The molecule has 2 heterocycles. The Labute approximate surface area is 120 Å². The van der Waals surface area contributed by atoms with E-state index in [1.54, 1.807) is 20.0 Å². The Morgan fingerprint density at radius 1 is 1.32 bits per heavy atom. The van der Waals surface area contributed by atoms with Crippen LogP contribution in [0.3, 0.4) is 0 Å². The van der Waals surface area contributed by atoms with Gasteiger partial charge in [0.25, 0.3) is 10.0 Å². The summed E-state index contributed by atoms with van der Waals surface area (Å²) in [6, 6.07) is 1.57. The summed E-state index contributed by atoms with van der Waals surface area (Å²) in [6.07, 6.45) is 2.64. The van der Waals surface area contributed by atoms with Gasteiger partial charge in [0.15, 0.2) is 0 Å². The lowest BCUT2D eigenvalue weighted by molar-refractivity contribution is 0.598. The zero-order valence-corrected chi connectivity index (χ0v) is 12.4. The third-order valence-corrected chi connectivity index (χ3v) is 4.62. The fraction of sp³-hybridized carbons (Fsp3) is 0.200. The highest BCUT2D eigenvalue weighted by Gasteiger charge is 2.22. The van der Waals surface area contributed by atoms with E-state index in [0.29, 0.717) is 16.4 Å². The number of anilines is 1. The van der Waals surface area contributed by atoms with E-state index in [9.17, 15) is 8.42 Å². The minimum absolute atomic E-state index is 0.0335. The van der Waals surface area contributed by atoms with Crippen molar-refractivity contribution >= 4 is 38.9 Å². The molecule has 0 atom stereocenters. The van der Waals surface area contributed by atoms with Crippen LogP contribution in [0.25, 0.3) is 0 Å². The molecule has 2 aromatic rings. The van der Waals surface area contributed by atoms with Crippen molar-refractivity contribution in [1.29, 1.82) is 0 Å². The Balaban J connectivity index is 2.36. The van der Waals surface area contributed by atoms with Crippen LogP contribution < -0.4 is 4.72 Å². The van der Waals surface area contributed by atoms with Crippen molar-refractivity contribution in [2.24, 2.45) is 7.05 Å². The van der Waals surface area contributed by atoms with Crippen LogP contribution in [0.1, 0.15) is 5.56 Å². The molecule has 0 amide bonds. The molecular formula is C10H10Cl2N4O2S. The smallest absolute Gasteiger partial charge is 0.282 e. The maximum atomic E-state index is 12.1. The predicted molar refractivity (Wildman–Crippen MR) is 73.0 cm³/mol. The minimum Gasteiger partial charge on any atom is -0.324 e. The van der Waals surface area contributed by atoms with Crippen molar-refractivity contribution in [3.05, 3.63) is 34.5 Å². The van der Waals surface area contributed by atoms with Gasteiger partial charge in [0, 0.05) is 7.05 Å². The van der Waals surface area contributed by atoms with Gasteiger partial charge in [-0.1, -0.05) is 23.2 Å². The Hall–Kier alpha value is -1.31. The first-order valence-electron chi connectivity index (χ1n) is 5.13. The fourth-order valence-electron chi connectivity index (χ4n) is 1.39. The van der Waals surface area contributed by atoms with Gasteiger partial charge in [0.05, 0.1) is 18.2 Å². The second-order valence-corrected chi connectivity index (χ2v) is 6.20. The van der Waals surface area contributed by atoms with Crippen LogP contribution in [0.4, 0.5) is 5.69 Å². The van der Waals surface area contributed by atoms with Gasteiger partial charge in [-0.15, -0.1) is 0 Å². The lowest BCUT2D eigenvalue weighted by atomic mass is 10.3. The van der Waals surface area contributed by atoms with Crippen molar-refractivity contribution in [3.63, 3.8) is 0 Å². The van der Waals surface area contributed by atoms with Crippen LogP contribution >= 0.6 is 23.2 Å². The molecule has 0 saturated heterocycles. The van der Waals surface area contributed by atoms with Crippen molar-refractivity contribution in [2.75, 3.05) is 4.72 Å². The number of imidazole rings is 1. The summed E-state index contributed by atoms with van der Waals surface area (Å²) in [6.45, 7) is 1.72. The highest BCUT2D eigenvalue weighted by atomic mass is 35.5. The van der Waals surface area contributed by atoms with Crippen LogP contribution in [-0.4, -0.2) is 23.0 Å². The lowest BCUT2D eigenvalue weighted by Crippen LogP contribution is -2.14. The van der Waals surface area contributed by atoms with Gasteiger partial charge in [-0.2, -0.15) is 8.42 Å². The normalized spacial score (nSPS) is 11.6. The number of nitrogens with one attached hydrogen (secondary N) is 1. The third kappa shape index (κ3) is 2.83. The third-order valence-electron chi connectivity index (χ3n) is 2.36. The molecule has 0 aliphatic heterocycles. The Morgan fingerprint density at radius 2 is 2.00 bits per heavy atom. The minimum atomic E-state index is -3.85. The van der Waals surface area contributed by atoms with Crippen molar-refractivity contribution < 1.29 is 8.42 Å². The summed E-state index contributed by atoms with van der Waals surface area (Å²) in [4.78, 5) is 7.62. The monoisotopic (exact) mass is 320 g/mol. The van der Waals surface area contributed by atoms with E-state index in [4.69, 9.17) is 23.2 Å². The summed E-state index contributed by atoms with van der Waals surface area (Å²) in [5.74, 6) is 0. The van der Waals surface area contributed by atoms with E-state index < -0.39 is 10.0 Å². The highest BCUT2D eigenvalue weighted by molar-refractivity contribution is 7.92. The molecule has 2 rings (SSSR count).